The second kappa shape index (κ2) is 6.53. The average Bonchev–Trinajstić information content (AvgIpc) is 2.40. The van der Waals surface area contributed by atoms with Crippen molar-refractivity contribution in [3.63, 3.8) is 0 Å². The molecule has 0 bridgehead atoms. The third kappa shape index (κ3) is 3.65. The van der Waals surface area contributed by atoms with Gasteiger partial charge >= 0.3 is 0 Å². The van der Waals surface area contributed by atoms with Gasteiger partial charge in [0.05, 0.1) is 13.7 Å². The SMILES string of the molecule is COc1ccccc1OCCC1CCCCC1. The molecule has 0 radical (unpaired) electrons. The predicted molar refractivity (Wildman–Crippen MR) is 69.7 cm³/mol. The fraction of sp³-hybridized carbons (Fsp3) is 0.600. The van der Waals surface area contributed by atoms with Crippen LogP contribution in [0.15, 0.2) is 24.3 Å². The summed E-state index contributed by atoms with van der Waals surface area (Å²) in [5, 5.41) is 0. The Balaban J connectivity index is 1.77. The molecule has 0 atom stereocenters. The van der Waals surface area contributed by atoms with Gasteiger partial charge in [0.25, 0.3) is 0 Å². The van der Waals surface area contributed by atoms with Crippen LogP contribution in [0.1, 0.15) is 38.5 Å². The van der Waals surface area contributed by atoms with Gasteiger partial charge in [-0.15, -0.1) is 0 Å². The fourth-order valence-corrected chi connectivity index (χ4v) is 2.55. The van der Waals surface area contributed by atoms with Gasteiger partial charge in [-0.25, -0.2) is 0 Å². The Bertz CT molecular complexity index is 329. The van der Waals surface area contributed by atoms with Gasteiger partial charge in [0.1, 0.15) is 0 Å². The van der Waals surface area contributed by atoms with Gasteiger partial charge < -0.3 is 9.47 Å². The van der Waals surface area contributed by atoms with Crippen LogP contribution in [0.2, 0.25) is 0 Å². The molecule has 1 aliphatic rings. The van der Waals surface area contributed by atoms with Gasteiger partial charge in [-0.05, 0) is 24.5 Å². The number of hydrogen-bond donors (Lipinski definition) is 0. The van der Waals surface area contributed by atoms with Gasteiger partial charge in [0.2, 0.25) is 0 Å². The lowest BCUT2D eigenvalue weighted by Crippen LogP contribution is -2.10. The average molecular weight is 234 g/mol. The monoisotopic (exact) mass is 234 g/mol. The van der Waals surface area contributed by atoms with Crippen molar-refractivity contribution in [2.24, 2.45) is 5.92 Å². The zero-order valence-corrected chi connectivity index (χ0v) is 10.7. The molecule has 0 saturated heterocycles. The van der Waals surface area contributed by atoms with Crippen LogP contribution in [0.5, 0.6) is 11.5 Å². The van der Waals surface area contributed by atoms with Crippen LogP contribution >= 0.6 is 0 Å². The number of methoxy groups -OCH3 is 1. The summed E-state index contributed by atoms with van der Waals surface area (Å²) in [6.07, 6.45) is 8.17. The first-order chi connectivity index (χ1) is 8.40. The van der Waals surface area contributed by atoms with Crippen LogP contribution in [-0.2, 0) is 0 Å². The Morgan fingerprint density at radius 1 is 1.06 bits per heavy atom. The van der Waals surface area contributed by atoms with Crippen molar-refractivity contribution in [2.75, 3.05) is 13.7 Å². The second-order valence-electron chi connectivity index (χ2n) is 4.79. The molecule has 0 aromatic heterocycles. The number of ether oxygens (including phenoxy) is 2. The van der Waals surface area contributed by atoms with E-state index in [-0.39, 0.29) is 0 Å². The van der Waals surface area contributed by atoms with E-state index in [9.17, 15) is 0 Å². The first-order valence-electron chi connectivity index (χ1n) is 6.66. The molecule has 94 valence electrons. The Kier molecular flexibility index (Phi) is 4.72. The van der Waals surface area contributed by atoms with E-state index in [1.165, 1.54) is 38.5 Å². The molecule has 2 rings (SSSR count). The minimum Gasteiger partial charge on any atom is -0.493 e. The molecule has 1 saturated carbocycles. The van der Waals surface area contributed by atoms with Gasteiger partial charge in [0, 0.05) is 0 Å². The van der Waals surface area contributed by atoms with Crippen LogP contribution < -0.4 is 9.47 Å². The van der Waals surface area contributed by atoms with E-state index in [0.717, 1.165) is 24.0 Å². The molecular weight excluding hydrogens is 212 g/mol. The Morgan fingerprint density at radius 2 is 1.76 bits per heavy atom. The van der Waals surface area contributed by atoms with Crippen LogP contribution in [0, 0.1) is 5.92 Å². The van der Waals surface area contributed by atoms with E-state index in [2.05, 4.69) is 0 Å². The lowest BCUT2D eigenvalue weighted by Gasteiger charge is -2.21. The number of para-hydroxylation sites is 2. The first kappa shape index (κ1) is 12.3. The zero-order valence-electron chi connectivity index (χ0n) is 10.7. The van der Waals surface area contributed by atoms with Gasteiger partial charge in [-0.2, -0.15) is 0 Å². The molecule has 1 fully saturated rings. The number of rotatable bonds is 5. The van der Waals surface area contributed by atoms with Crippen molar-refractivity contribution in [2.45, 2.75) is 38.5 Å². The molecular formula is C15H22O2. The van der Waals surface area contributed by atoms with Crippen LogP contribution in [0.3, 0.4) is 0 Å². The lowest BCUT2D eigenvalue weighted by molar-refractivity contribution is 0.238. The minimum absolute atomic E-state index is 0.811. The smallest absolute Gasteiger partial charge is 0.161 e. The molecule has 0 unspecified atom stereocenters. The van der Waals surface area contributed by atoms with Crippen molar-refractivity contribution in [3.05, 3.63) is 24.3 Å². The molecule has 1 aliphatic carbocycles. The molecule has 2 nitrogen and oxygen atoms in total. The molecule has 0 aliphatic heterocycles. The van der Waals surface area contributed by atoms with E-state index < -0.39 is 0 Å². The van der Waals surface area contributed by atoms with E-state index >= 15 is 0 Å². The topological polar surface area (TPSA) is 18.5 Å². The van der Waals surface area contributed by atoms with Gasteiger partial charge in [0.15, 0.2) is 11.5 Å². The highest BCUT2D eigenvalue weighted by molar-refractivity contribution is 5.39. The van der Waals surface area contributed by atoms with E-state index in [0.29, 0.717) is 0 Å². The quantitative estimate of drug-likeness (QED) is 0.765. The van der Waals surface area contributed by atoms with Crippen LogP contribution in [0.4, 0.5) is 0 Å². The maximum absolute atomic E-state index is 5.81. The molecule has 1 aromatic rings. The molecule has 0 N–H and O–H groups in total. The molecule has 1 aromatic carbocycles. The Labute approximate surface area is 104 Å². The van der Waals surface area contributed by atoms with Crippen LogP contribution in [0.25, 0.3) is 0 Å². The maximum Gasteiger partial charge on any atom is 0.161 e. The number of hydrogen-bond acceptors (Lipinski definition) is 2. The minimum atomic E-state index is 0.811. The lowest BCUT2D eigenvalue weighted by atomic mass is 9.87. The standard InChI is InChI=1S/C15H22O2/c1-16-14-9-5-6-10-15(14)17-12-11-13-7-3-2-4-8-13/h5-6,9-10,13H,2-4,7-8,11-12H2,1H3. The fourth-order valence-electron chi connectivity index (χ4n) is 2.55. The van der Waals surface area contributed by atoms with Gasteiger partial charge in [-0.3, -0.25) is 0 Å². The highest BCUT2D eigenvalue weighted by Crippen LogP contribution is 2.28. The van der Waals surface area contributed by atoms with Crippen molar-refractivity contribution in [3.8, 4) is 11.5 Å². The molecule has 0 heterocycles. The summed E-state index contributed by atoms with van der Waals surface area (Å²) < 4.78 is 11.1. The zero-order chi connectivity index (χ0) is 11.9. The largest absolute Gasteiger partial charge is 0.493 e. The van der Waals surface area contributed by atoms with E-state index in [4.69, 9.17) is 9.47 Å². The second-order valence-corrected chi connectivity index (χ2v) is 4.79. The Morgan fingerprint density at radius 3 is 2.47 bits per heavy atom. The first-order valence-corrected chi connectivity index (χ1v) is 6.66. The molecule has 0 spiro atoms. The molecule has 0 amide bonds. The highest BCUT2D eigenvalue weighted by Gasteiger charge is 2.13. The van der Waals surface area contributed by atoms with Crippen molar-refractivity contribution < 1.29 is 9.47 Å². The van der Waals surface area contributed by atoms with E-state index in [1.54, 1.807) is 7.11 Å². The van der Waals surface area contributed by atoms with Crippen molar-refractivity contribution in [1.29, 1.82) is 0 Å². The number of benzene rings is 1. The maximum atomic E-state index is 5.81. The molecule has 2 heteroatoms. The summed E-state index contributed by atoms with van der Waals surface area (Å²) >= 11 is 0. The summed E-state index contributed by atoms with van der Waals surface area (Å²) in [5.41, 5.74) is 0. The van der Waals surface area contributed by atoms with Crippen LogP contribution in [-0.4, -0.2) is 13.7 Å². The van der Waals surface area contributed by atoms with Crippen molar-refractivity contribution >= 4 is 0 Å². The summed E-state index contributed by atoms with van der Waals surface area (Å²) in [4.78, 5) is 0. The van der Waals surface area contributed by atoms with E-state index in [1.807, 2.05) is 24.3 Å². The van der Waals surface area contributed by atoms with Gasteiger partial charge in [-0.1, -0.05) is 44.2 Å². The molecule has 17 heavy (non-hydrogen) atoms. The summed E-state index contributed by atoms with van der Waals surface area (Å²) in [6, 6.07) is 7.86. The predicted octanol–water partition coefficient (Wildman–Crippen LogP) is 4.04. The third-order valence-corrected chi connectivity index (χ3v) is 3.58. The third-order valence-electron chi connectivity index (χ3n) is 3.58. The van der Waals surface area contributed by atoms with Crippen molar-refractivity contribution in [1.82, 2.24) is 0 Å². The Hall–Kier alpha value is -1.18. The highest BCUT2D eigenvalue weighted by atomic mass is 16.5. The summed E-state index contributed by atoms with van der Waals surface area (Å²) in [5.74, 6) is 2.57. The summed E-state index contributed by atoms with van der Waals surface area (Å²) in [7, 11) is 1.68. The summed E-state index contributed by atoms with van der Waals surface area (Å²) in [6.45, 7) is 0.811. The normalized spacial score (nSPS) is 16.8.